The van der Waals surface area contributed by atoms with Crippen LogP contribution in [0.2, 0.25) is 0 Å². The minimum Gasteiger partial charge on any atom is -0.367 e. The molecular weight excluding hydrogens is 521 g/mol. The molecule has 2 N–H and O–H groups in total. The fourth-order valence-electron chi connectivity index (χ4n) is 4.96. The fourth-order valence-corrected chi connectivity index (χ4v) is 6.75. The number of nitrogens with zero attached hydrogens (tertiary/aromatic N) is 2. The maximum absolute atomic E-state index is 13.3. The van der Waals surface area contributed by atoms with Gasteiger partial charge in [0.2, 0.25) is 0 Å². The molecule has 2 aliphatic rings. The number of amides is 1. The number of carbonyl (C=O) groups is 1. The third kappa shape index (κ3) is 5.17. The third-order valence-corrected chi connectivity index (χ3v) is 9.33. The van der Waals surface area contributed by atoms with Crippen molar-refractivity contribution in [3.63, 3.8) is 0 Å². The highest BCUT2D eigenvalue weighted by Crippen LogP contribution is 2.32. The molecule has 0 saturated heterocycles. The standard InChI is InChI=1S/C26H25F3N4O4S/c27-26(28,29)18-3-10-23(31-15-18)32-19-4-8-21(9-5-19)38(36,37)20-6-1-16(2-7-20)17-13-22-25(35)30-11-12-33(22)24(34)14-17/h1-3,6-7,10,13-15,19,21H,4-5,8-9,11-12H2,(H,30,35)(H,31,32). The summed E-state index contributed by atoms with van der Waals surface area (Å²) in [5, 5.41) is 5.22. The molecule has 1 amide bonds. The van der Waals surface area contributed by atoms with Gasteiger partial charge in [0, 0.05) is 31.4 Å². The number of benzene rings is 1. The van der Waals surface area contributed by atoms with Crippen LogP contribution < -0.4 is 16.2 Å². The molecule has 3 aromatic rings. The van der Waals surface area contributed by atoms with E-state index >= 15 is 0 Å². The summed E-state index contributed by atoms with van der Waals surface area (Å²) < 4.78 is 66.1. The largest absolute Gasteiger partial charge is 0.417 e. The Morgan fingerprint density at radius 1 is 0.947 bits per heavy atom. The van der Waals surface area contributed by atoms with Crippen molar-refractivity contribution in [3.8, 4) is 11.1 Å². The Morgan fingerprint density at radius 2 is 1.66 bits per heavy atom. The van der Waals surface area contributed by atoms with Crippen molar-refractivity contribution in [2.24, 2.45) is 0 Å². The van der Waals surface area contributed by atoms with E-state index in [1.165, 1.54) is 28.8 Å². The van der Waals surface area contributed by atoms with Gasteiger partial charge in [-0.05, 0) is 67.1 Å². The van der Waals surface area contributed by atoms with Crippen molar-refractivity contribution in [2.45, 2.75) is 54.6 Å². The van der Waals surface area contributed by atoms with Crippen LogP contribution in [-0.2, 0) is 22.6 Å². The topological polar surface area (TPSA) is 110 Å². The van der Waals surface area contributed by atoms with Gasteiger partial charge in [-0.1, -0.05) is 12.1 Å². The van der Waals surface area contributed by atoms with Crippen LogP contribution in [0.3, 0.4) is 0 Å². The van der Waals surface area contributed by atoms with Gasteiger partial charge in [-0.15, -0.1) is 0 Å². The monoisotopic (exact) mass is 546 g/mol. The average Bonchev–Trinajstić information content (AvgIpc) is 2.89. The maximum atomic E-state index is 13.3. The molecule has 1 fully saturated rings. The second kappa shape index (κ2) is 9.90. The van der Waals surface area contributed by atoms with Crippen LogP contribution in [0.5, 0.6) is 0 Å². The summed E-state index contributed by atoms with van der Waals surface area (Å²) in [5.41, 5.74) is 0.312. The quantitative estimate of drug-likeness (QED) is 0.503. The minimum atomic E-state index is -4.45. The average molecular weight is 547 g/mol. The van der Waals surface area contributed by atoms with E-state index in [2.05, 4.69) is 15.6 Å². The second-order valence-electron chi connectivity index (χ2n) is 9.49. The number of nitrogens with one attached hydrogen (secondary N) is 2. The number of pyridine rings is 2. The Balaban J connectivity index is 1.24. The van der Waals surface area contributed by atoms with Gasteiger partial charge in [-0.25, -0.2) is 13.4 Å². The summed E-state index contributed by atoms with van der Waals surface area (Å²) in [4.78, 5) is 28.6. The molecule has 0 unspecified atom stereocenters. The molecule has 2 aromatic heterocycles. The van der Waals surface area contributed by atoms with Crippen molar-refractivity contribution in [1.29, 1.82) is 0 Å². The lowest BCUT2D eigenvalue weighted by atomic mass is 9.95. The molecule has 1 saturated carbocycles. The number of hydrogen-bond acceptors (Lipinski definition) is 6. The van der Waals surface area contributed by atoms with Crippen LogP contribution >= 0.6 is 0 Å². The maximum Gasteiger partial charge on any atom is 0.417 e. The van der Waals surface area contributed by atoms with Crippen molar-refractivity contribution in [2.75, 3.05) is 11.9 Å². The van der Waals surface area contributed by atoms with Gasteiger partial charge in [0.1, 0.15) is 11.5 Å². The molecule has 0 atom stereocenters. The summed E-state index contributed by atoms with van der Waals surface area (Å²) in [6.07, 6.45) is -1.81. The van der Waals surface area contributed by atoms with Crippen LogP contribution in [0.4, 0.5) is 19.0 Å². The summed E-state index contributed by atoms with van der Waals surface area (Å²) in [6.45, 7) is 0.789. The van der Waals surface area contributed by atoms with Crippen molar-refractivity contribution in [1.82, 2.24) is 14.9 Å². The molecule has 0 bridgehead atoms. The second-order valence-corrected chi connectivity index (χ2v) is 11.7. The lowest BCUT2D eigenvalue weighted by Gasteiger charge is -2.29. The predicted octanol–water partition coefficient (Wildman–Crippen LogP) is 3.87. The number of carbonyl (C=O) groups excluding carboxylic acids is 1. The number of anilines is 1. The van der Waals surface area contributed by atoms with Crippen molar-refractivity contribution < 1.29 is 26.4 Å². The van der Waals surface area contributed by atoms with Gasteiger partial charge >= 0.3 is 6.18 Å². The zero-order chi connectivity index (χ0) is 27.1. The van der Waals surface area contributed by atoms with Gasteiger partial charge in [-0.3, -0.25) is 9.59 Å². The van der Waals surface area contributed by atoms with E-state index in [1.807, 2.05) is 0 Å². The van der Waals surface area contributed by atoms with Gasteiger partial charge < -0.3 is 15.2 Å². The molecular formula is C26H25F3N4O4S. The van der Waals surface area contributed by atoms with Crippen LogP contribution in [0, 0.1) is 0 Å². The summed E-state index contributed by atoms with van der Waals surface area (Å²) in [7, 11) is -3.61. The van der Waals surface area contributed by atoms with E-state index in [1.54, 1.807) is 18.2 Å². The Kier molecular flexibility index (Phi) is 6.76. The van der Waals surface area contributed by atoms with E-state index in [4.69, 9.17) is 0 Å². The van der Waals surface area contributed by atoms with Crippen LogP contribution in [0.1, 0.15) is 41.7 Å². The van der Waals surface area contributed by atoms with Crippen LogP contribution in [-0.4, -0.2) is 41.7 Å². The number of fused-ring (bicyclic) bond motifs is 1. The Morgan fingerprint density at radius 3 is 2.29 bits per heavy atom. The molecule has 200 valence electrons. The van der Waals surface area contributed by atoms with E-state index in [-0.39, 0.29) is 28.1 Å². The van der Waals surface area contributed by atoms with E-state index in [0.717, 1.165) is 12.3 Å². The van der Waals surface area contributed by atoms with Gasteiger partial charge in [0.15, 0.2) is 9.84 Å². The zero-order valence-corrected chi connectivity index (χ0v) is 21.0. The first-order valence-electron chi connectivity index (χ1n) is 12.2. The van der Waals surface area contributed by atoms with Crippen LogP contribution in [0.15, 0.2) is 64.4 Å². The SMILES string of the molecule is O=C1NCCn2c1cc(-c1ccc(S(=O)(=O)C3CCC(Nc4ccc(C(F)(F)F)cn4)CC3)cc1)cc2=O. The number of sulfone groups is 1. The first kappa shape index (κ1) is 26.0. The number of halogens is 3. The van der Waals surface area contributed by atoms with Crippen molar-refractivity contribution in [3.05, 3.63) is 76.3 Å². The molecule has 12 heteroatoms. The summed E-state index contributed by atoms with van der Waals surface area (Å²) in [6, 6.07) is 11.5. The third-order valence-electron chi connectivity index (χ3n) is 7.05. The highest BCUT2D eigenvalue weighted by atomic mass is 32.2. The molecule has 1 aromatic carbocycles. The Hall–Kier alpha value is -3.67. The molecule has 1 aliphatic heterocycles. The number of hydrogen-bond donors (Lipinski definition) is 2. The number of aromatic nitrogens is 2. The summed E-state index contributed by atoms with van der Waals surface area (Å²) >= 11 is 0. The Bertz CT molecular complexity index is 1510. The first-order chi connectivity index (χ1) is 18.0. The van der Waals surface area contributed by atoms with Gasteiger partial charge in [-0.2, -0.15) is 13.2 Å². The van der Waals surface area contributed by atoms with Gasteiger partial charge in [0.05, 0.1) is 15.7 Å². The molecule has 38 heavy (non-hydrogen) atoms. The molecule has 8 nitrogen and oxygen atoms in total. The van der Waals surface area contributed by atoms with E-state index in [9.17, 15) is 31.2 Å². The Labute approximate surface area is 216 Å². The van der Waals surface area contributed by atoms with Gasteiger partial charge in [0.25, 0.3) is 11.5 Å². The highest BCUT2D eigenvalue weighted by Gasteiger charge is 2.33. The smallest absolute Gasteiger partial charge is 0.367 e. The molecule has 0 radical (unpaired) electrons. The van der Waals surface area contributed by atoms with Crippen LogP contribution in [0.25, 0.3) is 11.1 Å². The molecule has 1 aliphatic carbocycles. The number of rotatable bonds is 5. The predicted molar refractivity (Wildman–Crippen MR) is 135 cm³/mol. The fraction of sp³-hybridized carbons (Fsp3) is 0.346. The van der Waals surface area contributed by atoms with E-state index in [0.29, 0.717) is 55.7 Å². The first-order valence-corrected chi connectivity index (χ1v) is 13.7. The molecule has 3 heterocycles. The van der Waals surface area contributed by atoms with E-state index < -0.39 is 26.8 Å². The molecule has 5 rings (SSSR count). The molecule has 0 spiro atoms. The zero-order valence-electron chi connectivity index (χ0n) is 20.2. The highest BCUT2D eigenvalue weighted by molar-refractivity contribution is 7.92. The normalized spacial score (nSPS) is 19.9. The summed E-state index contributed by atoms with van der Waals surface area (Å²) in [5.74, 6) is -0.00668. The van der Waals surface area contributed by atoms with Crippen molar-refractivity contribution >= 4 is 21.6 Å². The lowest BCUT2D eigenvalue weighted by molar-refractivity contribution is -0.137. The minimum absolute atomic E-state index is 0.0894. The lowest BCUT2D eigenvalue weighted by Crippen LogP contribution is -2.40. The number of alkyl halides is 3.